The predicted molar refractivity (Wildman–Crippen MR) is 78.7 cm³/mol. The number of rotatable bonds is 5. The van der Waals surface area contributed by atoms with E-state index in [1.807, 2.05) is 13.8 Å². The molecule has 1 aliphatic rings. The van der Waals surface area contributed by atoms with E-state index in [9.17, 15) is 9.18 Å². The van der Waals surface area contributed by atoms with Gasteiger partial charge in [-0.2, -0.15) is 0 Å². The van der Waals surface area contributed by atoms with Gasteiger partial charge in [0.1, 0.15) is 10.3 Å². The average Bonchev–Trinajstić information content (AvgIpc) is 2.86. The van der Waals surface area contributed by atoms with Crippen LogP contribution in [0.2, 0.25) is 0 Å². The Kier molecular flexibility index (Phi) is 5.68. The molecule has 2 nitrogen and oxygen atoms in total. The molecule has 110 valence electrons. The van der Waals surface area contributed by atoms with Crippen LogP contribution in [-0.4, -0.2) is 12.1 Å². The van der Waals surface area contributed by atoms with Crippen LogP contribution < -0.4 is 0 Å². The van der Waals surface area contributed by atoms with Crippen LogP contribution in [0.4, 0.5) is 4.39 Å². The first-order valence-corrected chi connectivity index (χ1v) is 7.06. The second-order valence-corrected chi connectivity index (χ2v) is 6.27. The van der Waals surface area contributed by atoms with Crippen molar-refractivity contribution in [2.45, 2.75) is 33.3 Å². The minimum atomic E-state index is -1.27. The first-order chi connectivity index (χ1) is 9.25. The third-order valence-electron chi connectivity index (χ3n) is 3.51. The SMILES string of the molecule is C#CC(OC(=O)[C@@H]1C(C=C(Cl)Cl)C1(C)C)C(F)=CCC. The van der Waals surface area contributed by atoms with Crippen LogP contribution in [-0.2, 0) is 9.53 Å². The predicted octanol–water partition coefficient (Wildman–Crippen LogP) is 4.39. The molecule has 0 radical (unpaired) electrons. The van der Waals surface area contributed by atoms with Crippen LogP contribution >= 0.6 is 23.2 Å². The molecule has 0 spiro atoms. The lowest BCUT2D eigenvalue weighted by molar-refractivity contribution is -0.148. The van der Waals surface area contributed by atoms with Gasteiger partial charge in [-0.3, -0.25) is 4.79 Å². The molecule has 0 amide bonds. The number of carbonyl (C=O) groups is 1. The molecule has 0 bridgehead atoms. The van der Waals surface area contributed by atoms with Crippen LogP contribution in [0.25, 0.3) is 0 Å². The molecule has 5 heteroatoms. The van der Waals surface area contributed by atoms with Gasteiger partial charge in [0.2, 0.25) is 6.10 Å². The molecule has 0 aromatic carbocycles. The molecule has 0 aromatic rings. The number of terminal acetylenes is 1. The second-order valence-electron chi connectivity index (χ2n) is 5.26. The fourth-order valence-electron chi connectivity index (χ4n) is 2.24. The zero-order valence-electron chi connectivity index (χ0n) is 11.6. The van der Waals surface area contributed by atoms with Crippen molar-refractivity contribution in [3.63, 3.8) is 0 Å². The van der Waals surface area contributed by atoms with Gasteiger partial charge in [0.05, 0.1) is 5.92 Å². The van der Waals surface area contributed by atoms with E-state index >= 15 is 0 Å². The Morgan fingerprint density at radius 2 is 2.15 bits per heavy atom. The number of ether oxygens (including phenoxy) is 1. The van der Waals surface area contributed by atoms with E-state index in [-0.39, 0.29) is 15.8 Å². The van der Waals surface area contributed by atoms with Crippen molar-refractivity contribution in [1.29, 1.82) is 0 Å². The maximum absolute atomic E-state index is 13.6. The summed E-state index contributed by atoms with van der Waals surface area (Å²) in [6, 6.07) is 0. The molecule has 0 saturated heterocycles. The van der Waals surface area contributed by atoms with Crippen molar-refractivity contribution in [2.75, 3.05) is 0 Å². The van der Waals surface area contributed by atoms with E-state index in [0.717, 1.165) is 0 Å². The number of esters is 1. The Bertz CT molecular complexity index is 485. The Morgan fingerprint density at radius 3 is 2.60 bits per heavy atom. The van der Waals surface area contributed by atoms with Crippen LogP contribution in [0.5, 0.6) is 0 Å². The Hall–Kier alpha value is -0.980. The zero-order chi connectivity index (χ0) is 15.5. The smallest absolute Gasteiger partial charge is 0.311 e. The molecule has 2 unspecified atom stereocenters. The van der Waals surface area contributed by atoms with Crippen LogP contribution in [0.1, 0.15) is 27.2 Å². The maximum Gasteiger partial charge on any atom is 0.311 e. The molecule has 0 aliphatic heterocycles. The monoisotopic (exact) mass is 318 g/mol. The number of allylic oxidation sites excluding steroid dienone is 2. The lowest BCUT2D eigenvalue weighted by atomic mass is 10.1. The van der Waals surface area contributed by atoms with Crippen LogP contribution in [0.3, 0.4) is 0 Å². The summed E-state index contributed by atoms with van der Waals surface area (Å²) >= 11 is 11.2. The van der Waals surface area contributed by atoms with E-state index in [0.29, 0.717) is 6.42 Å². The highest BCUT2D eigenvalue weighted by Crippen LogP contribution is 2.60. The molecular formula is C15H17Cl2FO2. The zero-order valence-corrected chi connectivity index (χ0v) is 13.1. The van der Waals surface area contributed by atoms with Gasteiger partial charge >= 0.3 is 5.97 Å². The number of halogens is 3. The quantitative estimate of drug-likeness (QED) is 0.555. The lowest BCUT2D eigenvalue weighted by Crippen LogP contribution is -2.20. The Balaban J connectivity index is 2.76. The second kappa shape index (κ2) is 6.65. The van der Waals surface area contributed by atoms with E-state index in [4.69, 9.17) is 34.4 Å². The lowest BCUT2D eigenvalue weighted by Gasteiger charge is -2.11. The highest BCUT2D eigenvalue weighted by atomic mass is 35.5. The Labute approximate surface area is 129 Å². The minimum absolute atomic E-state index is 0.101. The van der Waals surface area contributed by atoms with E-state index in [2.05, 4.69) is 5.92 Å². The van der Waals surface area contributed by atoms with Gasteiger partial charge in [-0.05, 0) is 29.9 Å². The third kappa shape index (κ3) is 3.77. The summed E-state index contributed by atoms with van der Waals surface area (Å²) < 4.78 is 18.8. The molecule has 0 N–H and O–H groups in total. The summed E-state index contributed by atoms with van der Waals surface area (Å²) in [6.45, 7) is 5.54. The molecule has 3 atom stereocenters. The number of hydrogen-bond donors (Lipinski definition) is 0. The van der Waals surface area contributed by atoms with Crippen LogP contribution in [0.15, 0.2) is 22.5 Å². The standard InChI is InChI=1S/C15H17Cl2FO2/c1-5-7-10(18)11(6-2)20-14(19)13-9(8-12(16)17)15(13,3)4/h2,7-9,11,13H,5H2,1,3-4H3/t9?,11?,13-/m0/s1. The van der Waals surface area contributed by atoms with E-state index in [1.54, 1.807) is 13.0 Å². The van der Waals surface area contributed by atoms with Gasteiger partial charge in [-0.1, -0.05) is 49.9 Å². The van der Waals surface area contributed by atoms with Crippen molar-refractivity contribution >= 4 is 29.2 Å². The summed E-state index contributed by atoms with van der Waals surface area (Å²) in [7, 11) is 0. The van der Waals surface area contributed by atoms with Gasteiger partial charge < -0.3 is 4.74 Å². The third-order valence-corrected chi connectivity index (χ3v) is 3.76. The Morgan fingerprint density at radius 1 is 1.55 bits per heavy atom. The summed E-state index contributed by atoms with van der Waals surface area (Å²) in [6.07, 6.45) is 7.29. The summed E-state index contributed by atoms with van der Waals surface area (Å²) in [5.41, 5.74) is -0.323. The molecule has 0 heterocycles. The first-order valence-electron chi connectivity index (χ1n) is 6.30. The van der Waals surface area contributed by atoms with Crippen molar-refractivity contribution in [3.05, 3.63) is 22.5 Å². The molecule has 0 aromatic heterocycles. The van der Waals surface area contributed by atoms with Gasteiger partial charge in [0.25, 0.3) is 0 Å². The molecule has 1 saturated carbocycles. The van der Waals surface area contributed by atoms with Gasteiger partial charge in [-0.15, -0.1) is 6.42 Å². The number of hydrogen-bond acceptors (Lipinski definition) is 2. The molecule has 1 rings (SSSR count). The molecule has 20 heavy (non-hydrogen) atoms. The van der Waals surface area contributed by atoms with E-state index < -0.39 is 23.8 Å². The summed E-state index contributed by atoms with van der Waals surface area (Å²) in [5, 5.41) is 0. The van der Waals surface area contributed by atoms with Crippen molar-refractivity contribution in [3.8, 4) is 12.3 Å². The summed E-state index contributed by atoms with van der Waals surface area (Å²) in [4.78, 5) is 12.1. The van der Waals surface area contributed by atoms with Gasteiger partial charge in [-0.25, -0.2) is 4.39 Å². The average molecular weight is 319 g/mol. The number of carbonyl (C=O) groups excluding carboxylic acids is 1. The fourth-order valence-corrected chi connectivity index (χ4v) is 2.51. The minimum Gasteiger partial charge on any atom is -0.441 e. The first kappa shape index (κ1) is 17.1. The maximum atomic E-state index is 13.6. The topological polar surface area (TPSA) is 26.3 Å². The van der Waals surface area contributed by atoms with Gasteiger partial charge in [0, 0.05) is 0 Å². The fraction of sp³-hybridized carbons (Fsp3) is 0.533. The molecular weight excluding hydrogens is 302 g/mol. The van der Waals surface area contributed by atoms with E-state index in [1.165, 1.54) is 6.08 Å². The van der Waals surface area contributed by atoms with Crippen molar-refractivity contribution in [1.82, 2.24) is 0 Å². The highest BCUT2D eigenvalue weighted by Gasteiger charge is 2.62. The highest BCUT2D eigenvalue weighted by molar-refractivity contribution is 6.55. The van der Waals surface area contributed by atoms with Crippen molar-refractivity contribution < 1.29 is 13.9 Å². The van der Waals surface area contributed by atoms with Crippen molar-refractivity contribution in [2.24, 2.45) is 17.3 Å². The summed E-state index contributed by atoms with van der Waals surface area (Å²) in [5.74, 6) is 0.430. The largest absolute Gasteiger partial charge is 0.441 e. The normalized spacial score (nSPS) is 25.4. The molecule has 1 fully saturated rings. The van der Waals surface area contributed by atoms with Gasteiger partial charge in [0.15, 0.2) is 0 Å². The molecule has 1 aliphatic carbocycles. The van der Waals surface area contributed by atoms with Crippen LogP contribution in [0, 0.1) is 29.6 Å².